The Morgan fingerprint density at radius 3 is 2.67 bits per heavy atom. The van der Waals surface area contributed by atoms with Crippen LogP contribution >= 0.6 is 11.6 Å². The van der Waals surface area contributed by atoms with E-state index in [2.05, 4.69) is 10.7 Å². The zero-order chi connectivity index (χ0) is 17.2. The van der Waals surface area contributed by atoms with Gasteiger partial charge in [0.25, 0.3) is 11.8 Å². The summed E-state index contributed by atoms with van der Waals surface area (Å²) < 4.78 is 5.30. The fraction of sp³-hybridized carbons (Fsp3) is 0.438. The molecule has 8 heteroatoms. The van der Waals surface area contributed by atoms with Gasteiger partial charge in [-0.1, -0.05) is 43.0 Å². The highest BCUT2D eigenvalue weighted by atomic mass is 35.5. The van der Waals surface area contributed by atoms with Gasteiger partial charge in [0, 0.05) is 0 Å². The van der Waals surface area contributed by atoms with E-state index in [1.807, 2.05) is 0 Å². The average Bonchev–Trinajstić information content (AvgIpc) is 2.79. The Morgan fingerprint density at radius 1 is 1.25 bits per heavy atom. The van der Waals surface area contributed by atoms with Crippen LogP contribution < -0.4 is 15.5 Å². The molecule has 1 heterocycles. The van der Waals surface area contributed by atoms with Crippen LogP contribution in [0, 0.1) is 0 Å². The van der Waals surface area contributed by atoms with E-state index in [0.717, 1.165) is 24.3 Å². The van der Waals surface area contributed by atoms with E-state index in [9.17, 15) is 14.4 Å². The van der Waals surface area contributed by atoms with Crippen LogP contribution in [0.3, 0.4) is 0 Å². The van der Waals surface area contributed by atoms with Gasteiger partial charge in [0.1, 0.15) is 11.3 Å². The van der Waals surface area contributed by atoms with E-state index in [1.165, 1.54) is 0 Å². The third kappa shape index (κ3) is 3.17. The van der Waals surface area contributed by atoms with Crippen LogP contribution in [0.15, 0.2) is 24.3 Å². The van der Waals surface area contributed by atoms with Crippen molar-refractivity contribution in [2.24, 2.45) is 0 Å². The largest absolute Gasteiger partial charge is 0.482 e. The van der Waals surface area contributed by atoms with Crippen LogP contribution in [0.5, 0.6) is 5.75 Å². The molecule has 0 unspecified atom stereocenters. The number of imide groups is 1. The highest BCUT2D eigenvalue weighted by Gasteiger charge is 2.52. The summed E-state index contributed by atoms with van der Waals surface area (Å²) in [7, 11) is 0. The van der Waals surface area contributed by atoms with Gasteiger partial charge in [-0.25, -0.2) is 4.79 Å². The molecule has 7 nitrogen and oxygen atoms in total. The van der Waals surface area contributed by atoms with Crippen molar-refractivity contribution in [3.63, 3.8) is 0 Å². The molecule has 1 saturated carbocycles. The first-order valence-corrected chi connectivity index (χ1v) is 8.23. The van der Waals surface area contributed by atoms with E-state index in [1.54, 1.807) is 24.3 Å². The highest BCUT2D eigenvalue weighted by Crippen LogP contribution is 2.33. The van der Waals surface area contributed by atoms with Gasteiger partial charge >= 0.3 is 6.03 Å². The van der Waals surface area contributed by atoms with E-state index < -0.39 is 23.4 Å². The summed E-state index contributed by atoms with van der Waals surface area (Å²) >= 11 is 5.94. The van der Waals surface area contributed by atoms with Gasteiger partial charge in [-0.2, -0.15) is 5.01 Å². The molecule has 24 heavy (non-hydrogen) atoms. The number of urea groups is 1. The minimum Gasteiger partial charge on any atom is -0.482 e. The predicted octanol–water partition coefficient (Wildman–Crippen LogP) is 2.00. The smallest absolute Gasteiger partial charge is 0.344 e. The van der Waals surface area contributed by atoms with Crippen molar-refractivity contribution < 1.29 is 19.1 Å². The van der Waals surface area contributed by atoms with Crippen molar-refractivity contribution in [1.29, 1.82) is 0 Å². The molecule has 1 aliphatic carbocycles. The van der Waals surface area contributed by atoms with Crippen LogP contribution in [-0.2, 0) is 9.59 Å². The maximum Gasteiger partial charge on any atom is 0.344 e. The molecule has 1 aromatic carbocycles. The second-order valence-electron chi connectivity index (χ2n) is 5.97. The second-order valence-corrected chi connectivity index (χ2v) is 6.37. The Labute approximate surface area is 144 Å². The lowest BCUT2D eigenvalue weighted by Crippen LogP contribution is -2.51. The molecular formula is C16H18ClN3O4. The van der Waals surface area contributed by atoms with Crippen molar-refractivity contribution in [2.45, 2.75) is 37.6 Å². The molecule has 128 valence electrons. The van der Waals surface area contributed by atoms with E-state index >= 15 is 0 Å². The Kier molecular flexibility index (Phi) is 4.62. The van der Waals surface area contributed by atoms with Gasteiger partial charge in [0.05, 0.1) is 5.02 Å². The van der Waals surface area contributed by atoms with E-state index in [4.69, 9.17) is 16.3 Å². The van der Waals surface area contributed by atoms with Crippen molar-refractivity contribution in [3.8, 4) is 5.75 Å². The predicted molar refractivity (Wildman–Crippen MR) is 86.3 cm³/mol. The first-order valence-electron chi connectivity index (χ1n) is 7.85. The molecule has 1 saturated heterocycles. The number of hydrogen-bond acceptors (Lipinski definition) is 4. The lowest BCUT2D eigenvalue weighted by atomic mass is 9.82. The second kappa shape index (κ2) is 6.68. The summed E-state index contributed by atoms with van der Waals surface area (Å²) in [6, 6.07) is 6.13. The SMILES string of the molecule is O=C(COc1ccccc1Cl)NN1C(=O)NC2(CCCCC2)C1=O. The van der Waals surface area contributed by atoms with Crippen LogP contribution in [0.2, 0.25) is 5.02 Å². The molecule has 0 atom stereocenters. The third-order valence-corrected chi connectivity index (χ3v) is 4.61. The van der Waals surface area contributed by atoms with Crippen LogP contribution in [0.25, 0.3) is 0 Å². The van der Waals surface area contributed by atoms with Gasteiger partial charge in [0.2, 0.25) is 0 Å². The maximum atomic E-state index is 12.5. The normalized spacial score (nSPS) is 19.3. The summed E-state index contributed by atoms with van der Waals surface area (Å²) in [6.45, 7) is -0.353. The summed E-state index contributed by atoms with van der Waals surface area (Å²) in [5, 5.41) is 3.85. The van der Waals surface area contributed by atoms with Gasteiger partial charge < -0.3 is 10.1 Å². The van der Waals surface area contributed by atoms with Crippen molar-refractivity contribution in [2.75, 3.05) is 6.61 Å². The van der Waals surface area contributed by atoms with Crippen molar-refractivity contribution >= 4 is 29.4 Å². The summed E-state index contributed by atoms with van der Waals surface area (Å²) in [6.07, 6.45) is 4.00. The van der Waals surface area contributed by atoms with Crippen molar-refractivity contribution in [3.05, 3.63) is 29.3 Å². The standard InChI is InChI=1S/C16H18ClN3O4/c17-11-6-2-3-7-12(11)24-10-13(21)19-20-14(22)16(18-15(20)23)8-4-1-5-9-16/h2-3,6-7H,1,4-5,8-10H2,(H,18,23)(H,19,21). The van der Waals surface area contributed by atoms with Crippen LogP contribution in [-0.4, -0.2) is 35.0 Å². The van der Waals surface area contributed by atoms with E-state index in [-0.39, 0.29) is 6.61 Å². The Bertz CT molecular complexity index is 673. The Balaban J connectivity index is 1.59. The zero-order valence-corrected chi connectivity index (χ0v) is 13.8. The molecule has 2 fully saturated rings. The maximum absolute atomic E-state index is 12.5. The molecule has 2 N–H and O–H groups in total. The van der Waals surface area contributed by atoms with Gasteiger partial charge in [-0.3, -0.25) is 15.0 Å². The summed E-state index contributed by atoms with van der Waals surface area (Å²) in [4.78, 5) is 36.6. The van der Waals surface area contributed by atoms with Gasteiger partial charge in [0.15, 0.2) is 6.61 Å². The Hall–Kier alpha value is -2.28. The topological polar surface area (TPSA) is 87.7 Å². The number of halogens is 1. The van der Waals surface area contributed by atoms with Gasteiger partial charge in [-0.15, -0.1) is 0 Å². The third-order valence-electron chi connectivity index (χ3n) is 4.30. The number of hydrazine groups is 1. The first-order chi connectivity index (χ1) is 11.5. The molecule has 3 rings (SSSR count). The summed E-state index contributed by atoms with van der Waals surface area (Å²) in [5.74, 6) is -0.653. The number of nitrogens with one attached hydrogen (secondary N) is 2. The number of rotatable bonds is 4. The molecule has 1 spiro atoms. The number of nitrogens with zero attached hydrogens (tertiary/aromatic N) is 1. The average molecular weight is 352 g/mol. The number of amides is 4. The number of ether oxygens (including phenoxy) is 1. The van der Waals surface area contributed by atoms with E-state index in [0.29, 0.717) is 23.6 Å². The van der Waals surface area contributed by atoms with Crippen LogP contribution in [0.1, 0.15) is 32.1 Å². The fourth-order valence-electron chi connectivity index (χ4n) is 3.08. The number of carbonyl (C=O) groups excluding carboxylic acids is 3. The molecule has 2 aliphatic rings. The highest BCUT2D eigenvalue weighted by molar-refractivity contribution is 6.32. The number of benzene rings is 1. The lowest BCUT2D eigenvalue weighted by molar-refractivity contribution is -0.140. The molecule has 0 bridgehead atoms. The molecule has 4 amide bonds. The molecule has 0 aromatic heterocycles. The lowest BCUT2D eigenvalue weighted by Gasteiger charge is -2.30. The number of carbonyl (C=O) groups is 3. The van der Waals surface area contributed by atoms with Gasteiger partial charge in [-0.05, 0) is 25.0 Å². The minimum atomic E-state index is -0.869. The molecule has 0 radical (unpaired) electrons. The number of para-hydroxylation sites is 1. The minimum absolute atomic E-state index is 0.353. The molecular weight excluding hydrogens is 334 g/mol. The quantitative estimate of drug-likeness (QED) is 0.812. The van der Waals surface area contributed by atoms with Crippen LogP contribution in [0.4, 0.5) is 4.79 Å². The fourth-order valence-corrected chi connectivity index (χ4v) is 3.27. The summed E-state index contributed by atoms with van der Waals surface area (Å²) in [5.41, 5.74) is 1.44. The molecule has 1 aromatic rings. The Morgan fingerprint density at radius 2 is 1.96 bits per heavy atom. The number of hydrogen-bond donors (Lipinski definition) is 2. The monoisotopic (exact) mass is 351 g/mol. The first kappa shape index (κ1) is 16.6. The van der Waals surface area contributed by atoms with Crippen molar-refractivity contribution in [1.82, 2.24) is 15.8 Å². The molecule has 1 aliphatic heterocycles. The zero-order valence-electron chi connectivity index (χ0n) is 13.0.